The Balaban J connectivity index is 1.43. The van der Waals surface area contributed by atoms with Gasteiger partial charge < -0.3 is 20.3 Å². The molecule has 7 nitrogen and oxygen atoms in total. The van der Waals surface area contributed by atoms with Gasteiger partial charge in [-0.1, -0.05) is 42.5 Å². The van der Waals surface area contributed by atoms with Crippen LogP contribution in [0.5, 0.6) is 5.75 Å². The minimum Gasteiger partial charge on any atom is -0.497 e. The van der Waals surface area contributed by atoms with Gasteiger partial charge in [0.15, 0.2) is 0 Å². The summed E-state index contributed by atoms with van der Waals surface area (Å²) in [5.41, 5.74) is 1.65. The summed E-state index contributed by atoms with van der Waals surface area (Å²) in [4.78, 5) is 39.8. The summed E-state index contributed by atoms with van der Waals surface area (Å²) >= 11 is 0. The number of rotatable bonds is 9. The number of hydrogen-bond donors (Lipinski definition) is 2. The Hall–Kier alpha value is -4.72. The normalized spacial score (nSPS) is 10.5. The van der Waals surface area contributed by atoms with Gasteiger partial charge in [-0.05, 0) is 64.9 Å². The SMILES string of the molecule is COc1ccc(NC(=O)CNC(=O)CN(Cc2ccc(F)cc2)C(=O)c2ccc3ccccc3c2)cc1. The van der Waals surface area contributed by atoms with Crippen LogP contribution in [0.25, 0.3) is 10.8 Å². The highest BCUT2D eigenvalue weighted by molar-refractivity contribution is 6.00. The van der Waals surface area contributed by atoms with E-state index >= 15 is 0 Å². The van der Waals surface area contributed by atoms with E-state index < -0.39 is 17.6 Å². The molecule has 0 aliphatic carbocycles. The highest BCUT2D eigenvalue weighted by Crippen LogP contribution is 2.18. The van der Waals surface area contributed by atoms with Crippen molar-refractivity contribution in [3.05, 3.63) is 108 Å². The van der Waals surface area contributed by atoms with E-state index in [1.54, 1.807) is 55.6 Å². The molecule has 188 valence electrons. The molecule has 4 aromatic rings. The molecule has 0 heterocycles. The number of methoxy groups -OCH3 is 1. The number of halogens is 1. The number of benzene rings is 4. The maximum Gasteiger partial charge on any atom is 0.254 e. The molecule has 4 aromatic carbocycles. The molecular formula is C29H26FN3O4. The van der Waals surface area contributed by atoms with Gasteiger partial charge in [0.1, 0.15) is 18.1 Å². The second-order valence-electron chi connectivity index (χ2n) is 8.40. The van der Waals surface area contributed by atoms with Gasteiger partial charge in [-0.3, -0.25) is 14.4 Å². The number of amides is 3. The zero-order chi connectivity index (χ0) is 26.2. The molecular weight excluding hydrogens is 473 g/mol. The fourth-order valence-corrected chi connectivity index (χ4v) is 3.80. The predicted octanol–water partition coefficient (Wildman–Crippen LogP) is 4.38. The Morgan fingerprint density at radius 1 is 0.838 bits per heavy atom. The highest BCUT2D eigenvalue weighted by atomic mass is 19.1. The van der Waals surface area contributed by atoms with E-state index in [2.05, 4.69) is 10.6 Å². The second-order valence-corrected chi connectivity index (χ2v) is 8.40. The number of fused-ring (bicyclic) bond motifs is 1. The molecule has 4 rings (SSSR count). The number of nitrogens with zero attached hydrogens (tertiary/aromatic N) is 1. The van der Waals surface area contributed by atoms with Crippen molar-refractivity contribution in [1.29, 1.82) is 0 Å². The van der Waals surface area contributed by atoms with Gasteiger partial charge in [0.2, 0.25) is 11.8 Å². The first-order valence-corrected chi connectivity index (χ1v) is 11.6. The summed E-state index contributed by atoms with van der Waals surface area (Å²) in [7, 11) is 1.55. The van der Waals surface area contributed by atoms with E-state index in [1.807, 2.05) is 30.3 Å². The van der Waals surface area contributed by atoms with Crippen molar-refractivity contribution in [1.82, 2.24) is 10.2 Å². The average Bonchev–Trinajstić information content (AvgIpc) is 2.92. The molecule has 0 saturated heterocycles. The van der Waals surface area contributed by atoms with E-state index in [0.717, 1.165) is 10.8 Å². The van der Waals surface area contributed by atoms with Crippen LogP contribution < -0.4 is 15.4 Å². The quantitative estimate of drug-likeness (QED) is 0.358. The minimum absolute atomic E-state index is 0.0946. The molecule has 0 spiro atoms. The zero-order valence-electron chi connectivity index (χ0n) is 20.2. The van der Waals surface area contributed by atoms with Crippen molar-refractivity contribution < 1.29 is 23.5 Å². The molecule has 0 fully saturated rings. The second kappa shape index (κ2) is 11.8. The van der Waals surface area contributed by atoms with Crippen LogP contribution >= 0.6 is 0 Å². The highest BCUT2D eigenvalue weighted by Gasteiger charge is 2.20. The molecule has 2 N–H and O–H groups in total. The zero-order valence-corrected chi connectivity index (χ0v) is 20.2. The monoisotopic (exact) mass is 499 g/mol. The van der Waals surface area contributed by atoms with Crippen LogP contribution in [0.4, 0.5) is 10.1 Å². The maximum atomic E-state index is 13.4. The molecule has 0 aliphatic rings. The first-order chi connectivity index (χ1) is 17.9. The van der Waals surface area contributed by atoms with Gasteiger partial charge in [-0.2, -0.15) is 0 Å². The Bertz CT molecular complexity index is 1410. The van der Waals surface area contributed by atoms with Crippen LogP contribution in [0.2, 0.25) is 0 Å². The van der Waals surface area contributed by atoms with Crippen molar-refractivity contribution in [3.63, 3.8) is 0 Å². The van der Waals surface area contributed by atoms with Crippen molar-refractivity contribution in [2.45, 2.75) is 6.54 Å². The summed E-state index contributed by atoms with van der Waals surface area (Å²) in [6.07, 6.45) is 0. The van der Waals surface area contributed by atoms with Gasteiger partial charge >= 0.3 is 0 Å². The molecule has 3 amide bonds. The van der Waals surface area contributed by atoms with Crippen LogP contribution in [0.3, 0.4) is 0 Å². The third-order valence-electron chi connectivity index (χ3n) is 5.72. The van der Waals surface area contributed by atoms with Gasteiger partial charge in [-0.25, -0.2) is 4.39 Å². The largest absolute Gasteiger partial charge is 0.497 e. The fraction of sp³-hybridized carbons (Fsp3) is 0.138. The van der Waals surface area contributed by atoms with Crippen LogP contribution in [0, 0.1) is 5.82 Å². The van der Waals surface area contributed by atoms with Gasteiger partial charge in [-0.15, -0.1) is 0 Å². The standard InChI is InChI=1S/C29H26FN3O4/c1-37-26-14-12-25(13-15-26)32-27(34)17-31-28(35)19-33(18-20-6-10-24(30)11-7-20)29(36)23-9-8-21-4-2-3-5-22(21)16-23/h2-16H,17-19H2,1H3,(H,31,35)(H,32,34). The van der Waals surface area contributed by atoms with Crippen LogP contribution in [-0.2, 0) is 16.1 Å². The number of anilines is 1. The van der Waals surface area contributed by atoms with Crippen LogP contribution in [0.15, 0.2) is 91.0 Å². The van der Waals surface area contributed by atoms with E-state index in [-0.39, 0.29) is 25.5 Å². The van der Waals surface area contributed by atoms with E-state index in [9.17, 15) is 18.8 Å². The Morgan fingerprint density at radius 2 is 1.54 bits per heavy atom. The van der Waals surface area contributed by atoms with E-state index in [1.165, 1.54) is 17.0 Å². The smallest absolute Gasteiger partial charge is 0.254 e. The fourth-order valence-electron chi connectivity index (χ4n) is 3.80. The number of hydrogen-bond acceptors (Lipinski definition) is 4. The van der Waals surface area contributed by atoms with Crippen LogP contribution in [0.1, 0.15) is 15.9 Å². The third kappa shape index (κ3) is 6.91. The molecule has 0 bridgehead atoms. The number of carbonyl (C=O) groups excluding carboxylic acids is 3. The number of nitrogens with one attached hydrogen (secondary N) is 2. The maximum absolute atomic E-state index is 13.4. The van der Waals surface area contributed by atoms with Crippen molar-refractivity contribution in [2.24, 2.45) is 0 Å². The average molecular weight is 500 g/mol. The number of carbonyl (C=O) groups is 3. The topological polar surface area (TPSA) is 87.7 Å². The predicted molar refractivity (Wildman–Crippen MR) is 140 cm³/mol. The van der Waals surface area contributed by atoms with E-state index in [4.69, 9.17) is 4.74 Å². The summed E-state index contributed by atoms with van der Waals surface area (Å²) in [6.45, 7) is -0.449. The first-order valence-electron chi connectivity index (χ1n) is 11.6. The van der Waals surface area contributed by atoms with Gasteiger partial charge in [0, 0.05) is 17.8 Å². The Kier molecular flexibility index (Phi) is 8.10. The molecule has 0 aromatic heterocycles. The Labute approximate surface area is 213 Å². The summed E-state index contributed by atoms with van der Waals surface area (Å²) in [6, 6.07) is 25.5. The molecule has 0 radical (unpaired) electrons. The van der Waals surface area contributed by atoms with Crippen molar-refractivity contribution >= 4 is 34.2 Å². The summed E-state index contributed by atoms with van der Waals surface area (Å²) in [5, 5.41) is 7.13. The van der Waals surface area contributed by atoms with Crippen LogP contribution in [-0.4, -0.2) is 42.8 Å². The Morgan fingerprint density at radius 3 is 2.24 bits per heavy atom. The lowest BCUT2D eigenvalue weighted by Gasteiger charge is -2.23. The molecule has 37 heavy (non-hydrogen) atoms. The molecule has 8 heteroatoms. The van der Waals surface area contributed by atoms with Gasteiger partial charge in [0.25, 0.3) is 5.91 Å². The van der Waals surface area contributed by atoms with E-state index in [0.29, 0.717) is 22.6 Å². The van der Waals surface area contributed by atoms with Gasteiger partial charge in [0.05, 0.1) is 13.7 Å². The third-order valence-corrected chi connectivity index (χ3v) is 5.72. The van der Waals surface area contributed by atoms with Crippen molar-refractivity contribution in [3.8, 4) is 5.75 Å². The minimum atomic E-state index is -0.499. The molecule has 0 atom stereocenters. The molecule has 0 unspecified atom stereocenters. The lowest BCUT2D eigenvalue weighted by atomic mass is 10.1. The first kappa shape index (κ1) is 25.4. The molecule has 0 aliphatic heterocycles. The summed E-state index contributed by atoms with van der Waals surface area (Å²) in [5.74, 6) is -1.00. The lowest BCUT2D eigenvalue weighted by Crippen LogP contribution is -2.42. The molecule has 0 saturated carbocycles. The number of ether oxygens (including phenoxy) is 1. The summed E-state index contributed by atoms with van der Waals surface area (Å²) < 4.78 is 18.5. The van der Waals surface area contributed by atoms with Crippen molar-refractivity contribution in [2.75, 3.05) is 25.5 Å². The lowest BCUT2D eigenvalue weighted by molar-refractivity contribution is -0.124.